The second kappa shape index (κ2) is 11.7. The summed E-state index contributed by atoms with van der Waals surface area (Å²) in [6.45, 7) is 2.88. The van der Waals surface area contributed by atoms with E-state index >= 15 is 0 Å². The minimum absolute atomic E-state index is 0.0742. The average molecular weight is 469 g/mol. The topological polar surface area (TPSA) is 67.9 Å². The molecule has 0 fully saturated rings. The van der Waals surface area contributed by atoms with Crippen LogP contribution in [0.25, 0.3) is 0 Å². The molecule has 1 atom stereocenters. The number of amides is 2. The van der Waals surface area contributed by atoms with Crippen LogP contribution in [0.5, 0.6) is 11.5 Å². The lowest BCUT2D eigenvalue weighted by molar-refractivity contribution is -0.133. The molecule has 32 heavy (non-hydrogen) atoms. The van der Waals surface area contributed by atoms with Crippen molar-refractivity contribution in [2.45, 2.75) is 40.0 Å². The van der Waals surface area contributed by atoms with E-state index in [1.165, 1.54) is 11.0 Å². The Bertz CT molecular complexity index is 923. The molecule has 0 aromatic heterocycles. The molecule has 174 valence electrons. The van der Waals surface area contributed by atoms with Crippen LogP contribution in [0, 0.1) is 5.92 Å². The maximum Gasteiger partial charge on any atom is 0.387 e. The van der Waals surface area contributed by atoms with Gasteiger partial charge in [0.1, 0.15) is 6.04 Å². The molecule has 9 heteroatoms. The third kappa shape index (κ3) is 7.09. The highest BCUT2D eigenvalue weighted by molar-refractivity contribution is 6.30. The Balaban J connectivity index is 2.13. The van der Waals surface area contributed by atoms with Crippen molar-refractivity contribution in [3.8, 4) is 11.5 Å². The number of ether oxygens (including phenoxy) is 2. The SMILES string of the molecule is CCOc1cc(CN(C)C(=O)C(NC(=O)c2ccc(Cl)cc2)C(C)C)ccc1OC(F)F. The zero-order valence-corrected chi connectivity index (χ0v) is 19.2. The summed E-state index contributed by atoms with van der Waals surface area (Å²) in [5, 5.41) is 3.29. The van der Waals surface area contributed by atoms with Gasteiger partial charge < -0.3 is 19.7 Å². The normalized spacial score (nSPS) is 11.9. The first-order valence-electron chi connectivity index (χ1n) is 10.1. The molecular weight excluding hydrogens is 442 g/mol. The highest BCUT2D eigenvalue weighted by Gasteiger charge is 2.27. The predicted octanol–water partition coefficient (Wildman–Crippen LogP) is 4.75. The number of alkyl halides is 2. The molecule has 0 aliphatic rings. The summed E-state index contributed by atoms with van der Waals surface area (Å²) in [5.74, 6) is -0.734. The maximum atomic E-state index is 13.1. The minimum atomic E-state index is -2.97. The second-order valence-electron chi connectivity index (χ2n) is 7.49. The molecule has 0 spiro atoms. The van der Waals surface area contributed by atoms with Crippen molar-refractivity contribution in [1.82, 2.24) is 10.2 Å². The van der Waals surface area contributed by atoms with Crippen LogP contribution in [-0.4, -0.2) is 43.0 Å². The molecule has 0 bridgehead atoms. The molecule has 1 unspecified atom stereocenters. The van der Waals surface area contributed by atoms with E-state index in [2.05, 4.69) is 10.1 Å². The summed E-state index contributed by atoms with van der Waals surface area (Å²) in [6.07, 6.45) is 0. The summed E-state index contributed by atoms with van der Waals surface area (Å²) < 4.78 is 35.1. The van der Waals surface area contributed by atoms with Gasteiger partial charge in [-0.3, -0.25) is 9.59 Å². The Hall–Kier alpha value is -2.87. The number of likely N-dealkylation sites (N-methyl/N-ethyl adjacent to an activating group) is 1. The minimum Gasteiger partial charge on any atom is -0.490 e. The number of halogens is 3. The van der Waals surface area contributed by atoms with Crippen LogP contribution in [0.3, 0.4) is 0 Å². The fourth-order valence-electron chi connectivity index (χ4n) is 3.04. The smallest absolute Gasteiger partial charge is 0.387 e. The maximum absolute atomic E-state index is 13.1. The number of hydrogen-bond acceptors (Lipinski definition) is 4. The van der Waals surface area contributed by atoms with Crippen molar-refractivity contribution in [1.29, 1.82) is 0 Å². The van der Waals surface area contributed by atoms with Gasteiger partial charge in [0, 0.05) is 24.2 Å². The number of benzene rings is 2. The number of carbonyl (C=O) groups excluding carboxylic acids is 2. The van der Waals surface area contributed by atoms with Crippen LogP contribution in [0.15, 0.2) is 42.5 Å². The van der Waals surface area contributed by atoms with E-state index in [1.807, 2.05) is 13.8 Å². The Morgan fingerprint density at radius 3 is 2.31 bits per heavy atom. The van der Waals surface area contributed by atoms with Crippen LogP contribution in [0.2, 0.25) is 5.02 Å². The zero-order chi connectivity index (χ0) is 23.8. The van der Waals surface area contributed by atoms with Crippen LogP contribution >= 0.6 is 11.6 Å². The van der Waals surface area contributed by atoms with E-state index in [9.17, 15) is 18.4 Å². The summed E-state index contributed by atoms with van der Waals surface area (Å²) in [4.78, 5) is 27.1. The first-order valence-corrected chi connectivity index (χ1v) is 10.5. The molecule has 6 nitrogen and oxygen atoms in total. The molecule has 2 aromatic rings. The molecule has 0 aliphatic carbocycles. The second-order valence-corrected chi connectivity index (χ2v) is 7.93. The number of carbonyl (C=O) groups is 2. The van der Waals surface area contributed by atoms with Crippen molar-refractivity contribution in [2.75, 3.05) is 13.7 Å². The Morgan fingerprint density at radius 1 is 1.09 bits per heavy atom. The fraction of sp³-hybridized carbons (Fsp3) is 0.391. The average Bonchev–Trinajstić information content (AvgIpc) is 2.73. The summed E-state index contributed by atoms with van der Waals surface area (Å²) in [7, 11) is 1.61. The highest BCUT2D eigenvalue weighted by Crippen LogP contribution is 2.30. The lowest BCUT2D eigenvalue weighted by atomic mass is 10.0. The van der Waals surface area contributed by atoms with Gasteiger partial charge in [-0.1, -0.05) is 31.5 Å². The summed E-state index contributed by atoms with van der Waals surface area (Å²) >= 11 is 5.86. The molecule has 2 rings (SSSR count). The van der Waals surface area contributed by atoms with Gasteiger partial charge >= 0.3 is 6.61 Å². The van der Waals surface area contributed by atoms with Crippen molar-refractivity contribution in [3.05, 3.63) is 58.6 Å². The molecule has 0 heterocycles. The number of hydrogen-bond donors (Lipinski definition) is 1. The van der Waals surface area contributed by atoms with E-state index in [4.69, 9.17) is 16.3 Å². The first kappa shape index (κ1) is 25.4. The fourth-order valence-corrected chi connectivity index (χ4v) is 3.17. The Kier molecular flexibility index (Phi) is 9.26. The van der Waals surface area contributed by atoms with Gasteiger partial charge in [0.05, 0.1) is 6.61 Å². The quantitative estimate of drug-likeness (QED) is 0.546. The molecule has 0 saturated heterocycles. The molecule has 1 N–H and O–H groups in total. The summed E-state index contributed by atoms with van der Waals surface area (Å²) in [6, 6.07) is 10.1. The largest absolute Gasteiger partial charge is 0.490 e. The molecule has 2 aromatic carbocycles. The van der Waals surface area contributed by atoms with Gasteiger partial charge in [-0.05, 0) is 54.8 Å². The third-order valence-corrected chi connectivity index (χ3v) is 4.90. The first-order chi connectivity index (χ1) is 15.1. The van der Waals surface area contributed by atoms with Crippen LogP contribution in [0.4, 0.5) is 8.78 Å². The van der Waals surface area contributed by atoms with Crippen LogP contribution < -0.4 is 14.8 Å². The monoisotopic (exact) mass is 468 g/mol. The van der Waals surface area contributed by atoms with E-state index in [0.29, 0.717) is 16.1 Å². The van der Waals surface area contributed by atoms with Crippen LogP contribution in [0.1, 0.15) is 36.7 Å². The van der Waals surface area contributed by atoms with Gasteiger partial charge in [0.15, 0.2) is 11.5 Å². The van der Waals surface area contributed by atoms with Crippen molar-refractivity contribution < 1.29 is 27.8 Å². The van der Waals surface area contributed by atoms with Crippen molar-refractivity contribution in [2.24, 2.45) is 5.92 Å². The lowest BCUT2D eigenvalue weighted by Gasteiger charge is -2.27. The lowest BCUT2D eigenvalue weighted by Crippen LogP contribution is -2.50. The molecule has 0 saturated carbocycles. The Labute approximate surface area is 191 Å². The predicted molar refractivity (Wildman–Crippen MR) is 118 cm³/mol. The van der Waals surface area contributed by atoms with Gasteiger partial charge in [-0.15, -0.1) is 0 Å². The molecule has 0 radical (unpaired) electrons. The van der Waals surface area contributed by atoms with E-state index < -0.39 is 12.7 Å². The van der Waals surface area contributed by atoms with E-state index in [-0.39, 0.29) is 42.4 Å². The van der Waals surface area contributed by atoms with Crippen molar-refractivity contribution in [3.63, 3.8) is 0 Å². The molecule has 2 amide bonds. The van der Waals surface area contributed by atoms with Gasteiger partial charge in [-0.25, -0.2) is 0 Å². The van der Waals surface area contributed by atoms with E-state index in [1.54, 1.807) is 50.4 Å². The van der Waals surface area contributed by atoms with Crippen molar-refractivity contribution >= 4 is 23.4 Å². The summed E-state index contributed by atoms with van der Waals surface area (Å²) in [5.41, 5.74) is 1.06. The molecule has 0 aliphatic heterocycles. The highest BCUT2D eigenvalue weighted by atomic mass is 35.5. The van der Waals surface area contributed by atoms with Gasteiger partial charge in [0.25, 0.3) is 5.91 Å². The van der Waals surface area contributed by atoms with Crippen LogP contribution in [-0.2, 0) is 11.3 Å². The van der Waals surface area contributed by atoms with Gasteiger partial charge in [0.2, 0.25) is 5.91 Å². The van der Waals surface area contributed by atoms with Gasteiger partial charge in [-0.2, -0.15) is 8.78 Å². The third-order valence-electron chi connectivity index (χ3n) is 4.65. The Morgan fingerprint density at radius 2 is 1.75 bits per heavy atom. The number of nitrogens with one attached hydrogen (secondary N) is 1. The van der Waals surface area contributed by atoms with E-state index in [0.717, 1.165) is 0 Å². The number of rotatable bonds is 10. The molecular formula is C23H27ClF2N2O4. The zero-order valence-electron chi connectivity index (χ0n) is 18.4. The number of nitrogens with zero attached hydrogens (tertiary/aromatic N) is 1. The standard InChI is InChI=1S/C23H27ClF2N2O4/c1-5-31-19-12-15(6-11-18(19)32-23(25)26)13-28(4)22(30)20(14(2)3)27-21(29)16-7-9-17(24)10-8-16/h6-12,14,20,23H,5,13H2,1-4H3,(H,27,29).